The minimum atomic E-state index is 0.271. The van der Waals surface area contributed by atoms with Gasteiger partial charge in [-0.25, -0.2) is 4.98 Å². The number of hydrogen-bond donors (Lipinski definition) is 0. The summed E-state index contributed by atoms with van der Waals surface area (Å²) in [6.07, 6.45) is 0. The molecule has 4 nitrogen and oxygen atoms in total. The maximum atomic E-state index is 9.13. The molecule has 1 atom stereocenters. The summed E-state index contributed by atoms with van der Waals surface area (Å²) in [5.74, 6) is 1.67. The topological polar surface area (TPSA) is 44.9 Å². The molecule has 0 aliphatic carbocycles. The molecule has 0 radical (unpaired) electrons. The van der Waals surface area contributed by atoms with Crippen LogP contribution in [0.1, 0.15) is 31.3 Å². The highest BCUT2D eigenvalue weighted by molar-refractivity contribution is 6.16. The second-order valence-electron chi connectivity index (χ2n) is 5.92. The van der Waals surface area contributed by atoms with Crippen LogP contribution in [0.3, 0.4) is 0 Å². The summed E-state index contributed by atoms with van der Waals surface area (Å²) in [6.45, 7) is 5.31. The van der Waals surface area contributed by atoms with Crippen molar-refractivity contribution in [2.75, 3.05) is 20.6 Å². The highest BCUT2D eigenvalue weighted by atomic mass is 35.5. The minimum Gasteiger partial charge on any atom is -0.322 e. The minimum absolute atomic E-state index is 0.271. The molecule has 0 N–H and O–H groups in total. The Hall–Kier alpha value is -1.57. The van der Waals surface area contributed by atoms with Crippen LogP contribution < -0.4 is 0 Å². The van der Waals surface area contributed by atoms with Gasteiger partial charge >= 0.3 is 0 Å². The van der Waals surface area contributed by atoms with Crippen molar-refractivity contribution >= 4 is 22.6 Å². The van der Waals surface area contributed by atoms with Gasteiger partial charge in [0.2, 0.25) is 0 Å². The number of hydrogen-bond acceptors (Lipinski definition) is 3. The van der Waals surface area contributed by atoms with Gasteiger partial charge in [-0.2, -0.15) is 5.26 Å². The summed E-state index contributed by atoms with van der Waals surface area (Å²) < 4.78 is 2.20. The van der Waals surface area contributed by atoms with Crippen molar-refractivity contribution in [1.82, 2.24) is 14.5 Å². The Kier molecular flexibility index (Phi) is 4.87. The molecule has 0 spiro atoms. The fourth-order valence-corrected chi connectivity index (χ4v) is 2.83. The number of halogens is 1. The van der Waals surface area contributed by atoms with Gasteiger partial charge in [-0.05, 0) is 38.2 Å². The predicted molar refractivity (Wildman–Crippen MR) is 86.4 cm³/mol. The van der Waals surface area contributed by atoms with E-state index in [0.29, 0.717) is 17.4 Å². The van der Waals surface area contributed by atoms with Crippen LogP contribution in [0.4, 0.5) is 0 Å². The second-order valence-corrected chi connectivity index (χ2v) is 6.19. The highest BCUT2D eigenvalue weighted by Gasteiger charge is 2.22. The Morgan fingerprint density at radius 3 is 2.62 bits per heavy atom. The molecular formula is C16H21ClN4. The monoisotopic (exact) mass is 304 g/mol. The Balaban J connectivity index is 2.65. The lowest BCUT2D eigenvalue weighted by Gasteiger charge is -2.28. The molecule has 1 aromatic heterocycles. The van der Waals surface area contributed by atoms with Crippen molar-refractivity contribution in [3.05, 3.63) is 29.6 Å². The largest absolute Gasteiger partial charge is 0.322 e. The van der Waals surface area contributed by atoms with Crippen LogP contribution in [-0.4, -0.2) is 35.1 Å². The van der Waals surface area contributed by atoms with E-state index in [1.54, 1.807) is 6.07 Å². The molecule has 0 aliphatic rings. The van der Waals surface area contributed by atoms with Crippen LogP contribution >= 0.6 is 11.6 Å². The molecule has 0 saturated heterocycles. The zero-order chi connectivity index (χ0) is 15.6. The van der Waals surface area contributed by atoms with Crippen LogP contribution in [-0.2, 0) is 5.88 Å². The van der Waals surface area contributed by atoms with Crippen molar-refractivity contribution in [1.29, 1.82) is 5.26 Å². The van der Waals surface area contributed by atoms with Gasteiger partial charge in [-0.1, -0.05) is 13.8 Å². The van der Waals surface area contributed by atoms with Gasteiger partial charge in [0.15, 0.2) is 0 Å². The predicted octanol–water partition coefficient (Wildman–Crippen LogP) is 3.41. The number of fused-ring (bicyclic) bond motifs is 1. The van der Waals surface area contributed by atoms with Gasteiger partial charge < -0.3 is 9.47 Å². The van der Waals surface area contributed by atoms with Gasteiger partial charge in [0.1, 0.15) is 5.82 Å². The number of nitrogens with zero attached hydrogens (tertiary/aromatic N) is 4. The van der Waals surface area contributed by atoms with E-state index in [0.717, 1.165) is 23.4 Å². The first-order valence-corrected chi connectivity index (χ1v) is 7.63. The fourth-order valence-electron chi connectivity index (χ4n) is 2.64. The van der Waals surface area contributed by atoms with Gasteiger partial charge in [-0.15, -0.1) is 11.6 Å². The molecule has 0 fully saturated rings. The maximum absolute atomic E-state index is 9.13. The lowest BCUT2D eigenvalue weighted by atomic mass is 10.0. The molecule has 1 heterocycles. The molecule has 0 saturated carbocycles. The van der Waals surface area contributed by atoms with E-state index < -0.39 is 0 Å². The molecule has 112 valence electrons. The number of nitriles is 1. The molecule has 2 rings (SSSR count). The van der Waals surface area contributed by atoms with Crippen molar-refractivity contribution < 1.29 is 0 Å². The van der Waals surface area contributed by atoms with Crippen molar-refractivity contribution in [2.24, 2.45) is 5.92 Å². The fraction of sp³-hybridized carbons (Fsp3) is 0.500. The van der Waals surface area contributed by atoms with E-state index in [-0.39, 0.29) is 6.04 Å². The lowest BCUT2D eigenvalue weighted by Crippen LogP contribution is -2.29. The standard InChI is InChI=1S/C16H21ClN4/c1-11(2)15(10-20(3)4)21-14-7-12(9-18)5-6-13(14)19-16(21)8-17/h5-7,11,15H,8,10H2,1-4H3. The smallest absolute Gasteiger partial charge is 0.125 e. The summed E-state index contributed by atoms with van der Waals surface area (Å²) >= 11 is 6.10. The van der Waals surface area contributed by atoms with Crippen LogP contribution in [0, 0.1) is 17.2 Å². The Morgan fingerprint density at radius 1 is 1.38 bits per heavy atom. The second kappa shape index (κ2) is 6.46. The Labute approximate surface area is 130 Å². The molecule has 0 amide bonds. The number of rotatable bonds is 5. The van der Waals surface area contributed by atoms with Crippen molar-refractivity contribution in [2.45, 2.75) is 25.8 Å². The zero-order valence-corrected chi connectivity index (χ0v) is 13.7. The van der Waals surface area contributed by atoms with E-state index >= 15 is 0 Å². The lowest BCUT2D eigenvalue weighted by molar-refractivity contribution is 0.270. The normalized spacial score (nSPS) is 13.0. The van der Waals surface area contributed by atoms with Crippen molar-refractivity contribution in [3.63, 3.8) is 0 Å². The third kappa shape index (κ3) is 3.20. The zero-order valence-electron chi connectivity index (χ0n) is 13.0. The van der Waals surface area contributed by atoms with E-state index in [1.165, 1.54) is 0 Å². The van der Waals surface area contributed by atoms with Crippen LogP contribution in [0.25, 0.3) is 11.0 Å². The SMILES string of the molecule is CC(C)C(CN(C)C)n1c(CCl)nc2ccc(C#N)cc21. The van der Waals surface area contributed by atoms with Crippen LogP contribution in [0.5, 0.6) is 0 Å². The number of aromatic nitrogens is 2. The summed E-state index contributed by atoms with van der Waals surface area (Å²) in [7, 11) is 4.13. The Bertz CT molecular complexity index is 667. The van der Waals surface area contributed by atoms with E-state index in [9.17, 15) is 0 Å². The van der Waals surface area contributed by atoms with Crippen LogP contribution in [0.15, 0.2) is 18.2 Å². The molecule has 5 heteroatoms. The van der Waals surface area contributed by atoms with Gasteiger partial charge in [0.25, 0.3) is 0 Å². The number of likely N-dealkylation sites (N-methyl/N-ethyl adjacent to an activating group) is 1. The number of benzene rings is 1. The molecule has 21 heavy (non-hydrogen) atoms. The summed E-state index contributed by atoms with van der Waals surface area (Å²) in [4.78, 5) is 6.79. The van der Waals surface area contributed by atoms with E-state index in [1.807, 2.05) is 12.1 Å². The van der Waals surface area contributed by atoms with Gasteiger partial charge in [0, 0.05) is 6.54 Å². The van der Waals surface area contributed by atoms with E-state index in [4.69, 9.17) is 16.9 Å². The average Bonchev–Trinajstić information content (AvgIpc) is 2.81. The molecule has 1 aromatic carbocycles. The van der Waals surface area contributed by atoms with Crippen molar-refractivity contribution in [3.8, 4) is 6.07 Å². The quantitative estimate of drug-likeness (QED) is 0.795. The highest BCUT2D eigenvalue weighted by Crippen LogP contribution is 2.28. The number of alkyl halides is 1. The molecular weight excluding hydrogens is 284 g/mol. The maximum Gasteiger partial charge on any atom is 0.125 e. The Morgan fingerprint density at radius 2 is 2.10 bits per heavy atom. The number of imidazole rings is 1. The molecule has 2 aromatic rings. The van der Waals surface area contributed by atoms with E-state index in [2.05, 4.69) is 48.5 Å². The molecule has 0 aliphatic heterocycles. The summed E-state index contributed by atoms with van der Waals surface area (Å²) in [5.41, 5.74) is 2.54. The summed E-state index contributed by atoms with van der Waals surface area (Å²) in [5, 5.41) is 9.13. The third-order valence-electron chi connectivity index (χ3n) is 3.66. The van der Waals surface area contributed by atoms with Gasteiger partial charge in [0.05, 0.1) is 34.6 Å². The molecule has 1 unspecified atom stereocenters. The first-order chi connectivity index (χ1) is 9.97. The first-order valence-electron chi connectivity index (χ1n) is 7.09. The summed E-state index contributed by atoms with van der Waals surface area (Å²) in [6, 6.07) is 8.07. The third-order valence-corrected chi connectivity index (χ3v) is 3.90. The first kappa shape index (κ1) is 15.8. The van der Waals surface area contributed by atoms with Crippen LogP contribution in [0.2, 0.25) is 0 Å². The molecule has 0 bridgehead atoms. The van der Waals surface area contributed by atoms with Gasteiger partial charge in [-0.3, -0.25) is 0 Å². The average molecular weight is 305 g/mol.